The Hall–Kier alpha value is -1.11. The summed E-state index contributed by atoms with van der Waals surface area (Å²) in [5.74, 6) is 6.09. The van der Waals surface area contributed by atoms with Gasteiger partial charge in [0.05, 0.1) is 5.75 Å². The van der Waals surface area contributed by atoms with Crippen molar-refractivity contribution in [1.82, 2.24) is 10.2 Å². The molecule has 2 rings (SSSR count). The normalized spacial score (nSPS) is 10.5. The van der Waals surface area contributed by atoms with Crippen LogP contribution < -0.4 is 11.3 Å². The maximum absolute atomic E-state index is 5.27. The highest BCUT2D eigenvalue weighted by Gasteiger charge is 2.05. The van der Waals surface area contributed by atoms with Crippen LogP contribution in [0.5, 0.6) is 0 Å². The van der Waals surface area contributed by atoms with Gasteiger partial charge in [-0.2, -0.15) is 0 Å². The van der Waals surface area contributed by atoms with Crippen molar-refractivity contribution in [2.24, 2.45) is 5.84 Å². The van der Waals surface area contributed by atoms with Gasteiger partial charge in [0.15, 0.2) is 0 Å². The van der Waals surface area contributed by atoms with Crippen molar-refractivity contribution in [3.05, 3.63) is 34.3 Å². The molecule has 0 spiro atoms. The highest BCUT2D eigenvalue weighted by atomic mass is 32.2. The standard InChI is InChI=1S/C11H14N4S2/c1-7-3-4-8(2)9(5-7)16-6-10-14-15-11(13-12)17-10/h3-5H,6,12H2,1-2H3,(H,13,15). The molecule has 0 atom stereocenters. The third-order valence-electron chi connectivity index (χ3n) is 2.29. The van der Waals surface area contributed by atoms with E-state index in [2.05, 4.69) is 47.7 Å². The Labute approximate surface area is 109 Å². The molecule has 0 aliphatic heterocycles. The minimum Gasteiger partial charge on any atom is -0.298 e. The summed E-state index contributed by atoms with van der Waals surface area (Å²) < 4.78 is 0. The molecule has 4 nitrogen and oxygen atoms in total. The van der Waals surface area contributed by atoms with Crippen LogP contribution in [0.2, 0.25) is 0 Å². The fourth-order valence-corrected chi connectivity index (χ4v) is 3.13. The molecule has 17 heavy (non-hydrogen) atoms. The minimum atomic E-state index is 0.654. The Bertz CT molecular complexity index is 510. The molecule has 0 saturated carbocycles. The van der Waals surface area contributed by atoms with Gasteiger partial charge in [0.25, 0.3) is 0 Å². The Morgan fingerprint density at radius 3 is 2.88 bits per heavy atom. The van der Waals surface area contributed by atoms with Gasteiger partial charge < -0.3 is 0 Å². The number of benzene rings is 1. The summed E-state index contributed by atoms with van der Waals surface area (Å²) >= 11 is 3.26. The molecule has 0 amide bonds. The average Bonchev–Trinajstić information content (AvgIpc) is 2.78. The zero-order chi connectivity index (χ0) is 12.3. The Kier molecular flexibility index (Phi) is 3.98. The van der Waals surface area contributed by atoms with E-state index in [0.29, 0.717) is 5.13 Å². The van der Waals surface area contributed by atoms with Crippen molar-refractivity contribution < 1.29 is 0 Å². The Morgan fingerprint density at radius 1 is 1.35 bits per heavy atom. The first-order chi connectivity index (χ1) is 8.19. The third kappa shape index (κ3) is 3.18. The summed E-state index contributed by atoms with van der Waals surface area (Å²) in [4.78, 5) is 1.29. The number of nitrogens with one attached hydrogen (secondary N) is 1. The summed E-state index contributed by atoms with van der Waals surface area (Å²) in [5, 5.41) is 9.60. The molecule has 0 aliphatic rings. The second-order valence-electron chi connectivity index (χ2n) is 3.70. The fraction of sp³-hybridized carbons (Fsp3) is 0.273. The lowest BCUT2D eigenvalue weighted by Crippen LogP contribution is -2.05. The third-order valence-corrected chi connectivity index (χ3v) is 4.49. The Balaban J connectivity index is 2.04. The molecule has 0 fully saturated rings. The highest BCUT2D eigenvalue weighted by Crippen LogP contribution is 2.28. The van der Waals surface area contributed by atoms with Crippen molar-refractivity contribution in [3.63, 3.8) is 0 Å². The van der Waals surface area contributed by atoms with Gasteiger partial charge in [0.1, 0.15) is 5.01 Å². The van der Waals surface area contributed by atoms with Crippen LogP contribution in [0.3, 0.4) is 0 Å². The summed E-state index contributed by atoms with van der Waals surface area (Å²) in [5.41, 5.74) is 5.07. The number of anilines is 1. The number of nitrogens with two attached hydrogens (primary N) is 1. The molecule has 0 radical (unpaired) electrons. The van der Waals surface area contributed by atoms with Crippen LogP contribution in [0.15, 0.2) is 23.1 Å². The number of aromatic nitrogens is 2. The maximum Gasteiger partial charge on any atom is 0.219 e. The van der Waals surface area contributed by atoms with Crippen LogP contribution in [0.25, 0.3) is 0 Å². The van der Waals surface area contributed by atoms with E-state index in [-0.39, 0.29) is 0 Å². The fourth-order valence-electron chi connectivity index (χ4n) is 1.37. The van der Waals surface area contributed by atoms with Gasteiger partial charge in [-0.25, -0.2) is 5.84 Å². The maximum atomic E-state index is 5.27. The van der Waals surface area contributed by atoms with Gasteiger partial charge in [-0.1, -0.05) is 29.0 Å². The highest BCUT2D eigenvalue weighted by molar-refractivity contribution is 7.98. The first-order valence-corrected chi connectivity index (χ1v) is 6.98. The summed E-state index contributed by atoms with van der Waals surface area (Å²) in [6.45, 7) is 4.22. The van der Waals surface area contributed by atoms with Gasteiger partial charge in [0.2, 0.25) is 5.13 Å². The van der Waals surface area contributed by atoms with E-state index < -0.39 is 0 Å². The molecule has 1 aromatic carbocycles. The second-order valence-corrected chi connectivity index (χ2v) is 5.78. The van der Waals surface area contributed by atoms with Gasteiger partial charge in [-0.05, 0) is 25.5 Å². The van der Waals surface area contributed by atoms with E-state index in [0.717, 1.165) is 10.8 Å². The zero-order valence-corrected chi connectivity index (χ0v) is 11.4. The molecule has 0 saturated heterocycles. The van der Waals surface area contributed by atoms with Gasteiger partial charge in [-0.15, -0.1) is 22.0 Å². The first kappa shape index (κ1) is 12.3. The number of nitrogens with zero attached hydrogens (tertiary/aromatic N) is 2. The molecule has 1 aromatic heterocycles. The van der Waals surface area contributed by atoms with E-state index in [9.17, 15) is 0 Å². The average molecular weight is 266 g/mol. The molecular formula is C11H14N4S2. The van der Waals surface area contributed by atoms with E-state index in [1.54, 1.807) is 11.8 Å². The van der Waals surface area contributed by atoms with E-state index in [1.165, 1.54) is 27.4 Å². The van der Waals surface area contributed by atoms with Crippen molar-refractivity contribution >= 4 is 28.2 Å². The number of hydrogen-bond donors (Lipinski definition) is 2. The predicted octanol–water partition coefficient (Wildman–Crippen LogP) is 2.73. The van der Waals surface area contributed by atoms with Gasteiger partial charge in [0, 0.05) is 4.90 Å². The zero-order valence-electron chi connectivity index (χ0n) is 9.73. The van der Waals surface area contributed by atoms with Crippen molar-refractivity contribution in [1.29, 1.82) is 0 Å². The van der Waals surface area contributed by atoms with Crippen LogP contribution in [0, 0.1) is 13.8 Å². The number of hydrogen-bond acceptors (Lipinski definition) is 6. The first-order valence-electron chi connectivity index (χ1n) is 5.18. The van der Waals surface area contributed by atoms with Crippen molar-refractivity contribution in [2.45, 2.75) is 24.5 Å². The summed E-state index contributed by atoms with van der Waals surface area (Å²) in [7, 11) is 0. The van der Waals surface area contributed by atoms with E-state index in [1.807, 2.05) is 0 Å². The molecule has 0 bridgehead atoms. The second kappa shape index (κ2) is 5.48. The number of hydrazine groups is 1. The lowest BCUT2D eigenvalue weighted by molar-refractivity contribution is 1.03. The van der Waals surface area contributed by atoms with Gasteiger partial charge >= 0.3 is 0 Å². The number of aryl methyl sites for hydroxylation is 2. The van der Waals surface area contributed by atoms with Crippen LogP contribution in [0.1, 0.15) is 16.1 Å². The predicted molar refractivity (Wildman–Crippen MR) is 73.2 cm³/mol. The SMILES string of the molecule is Cc1ccc(C)c(SCc2nnc(NN)s2)c1. The number of nitrogen functional groups attached to an aromatic ring is 1. The molecule has 1 heterocycles. The van der Waals surface area contributed by atoms with Crippen molar-refractivity contribution in [3.8, 4) is 0 Å². The van der Waals surface area contributed by atoms with Crippen molar-refractivity contribution in [2.75, 3.05) is 5.43 Å². The van der Waals surface area contributed by atoms with Crippen LogP contribution >= 0.6 is 23.1 Å². The summed E-state index contributed by atoms with van der Waals surface area (Å²) in [6.07, 6.45) is 0. The monoisotopic (exact) mass is 266 g/mol. The van der Waals surface area contributed by atoms with Gasteiger partial charge in [-0.3, -0.25) is 5.43 Å². The minimum absolute atomic E-state index is 0.654. The largest absolute Gasteiger partial charge is 0.298 e. The topological polar surface area (TPSA) is 63.8 Å². The Morgan fingerprint density at radius 2 is 2.18 bits per heavy atom. The molecule has 2 aromatic rings. The van der Waals surface area contributed by atoms with Crippen LogP contribution in [0.4, 0.5) is 5.13 Å². The number of thioether (sulfide) groups is 1. The quantitative estimate of drug-likeness (QED) is 0.506. The molecule has 0 unspecified atom stereocenters. The summed E-state index contributed by atoms with van der Waals surface area (Å²) in [6, 6.07) is 6.47. The lowest BCUT2D eigenvalue weighted by atomic mass is 10.2. The number of rotatable bonds is 4. The van der Waals surface area contributed by atoms with E-state index in [4.69, 9.17) is 5.84 Å². The lowest BCUT2D eigenvalue weighted by Gasteiger charge is -2.04. The van der Waals surface area contributed by atoms with Crippen LogP contribution in [-0.4, -0.2) is 10.2 Å². The molecule has 90 valence electrons. The smallest absolute Gasteiger partial charge is 0.219 e. The molecular weight excluding hydrogens is 252 g/mol. The molecule has 0 aliphatic carbocycles. The molecule has 3 N–H and O–H groups in total. The van der Waals surface area contributed by atoms with Crippen LogP contribution in [-0.2, 0) is 5.75 Å². The molecule has 6 heteroatoms. The van der Waals surface area contributed by atoms with E-state index >= 15 is 0 Å².